The molecule has 0 aliphatic heterocycles. The molecule has 82 valence electrons. The van der Waals surface area contributed by atoms with Crippen LogP contribution in [0.1, 0.15) is 26.0 Å². The second-order valence-electron chi connectivity index (χ2n) is 3.99. The molecule has 0 radical (unpaired) electrons. The van der Waals surface area contributed by atoms with Crippen LogP contribution < -0.4 is 5.32 Å². The molecule has 0 saturated carbocycles. The molecule has 2 nitrogen and oxygen atoms in total. The van der Waals surface area contributed by atoms with Crippen LogP contribution in [0.2, 0.25) is 0 Å². The van der Waals surface area contributed by atoms with Gasteiger partial charge in [-0.25, -0.2) is 0 Å². The summed E-state index contributed by atoms with van der Waals surface area (Å²) in [6, 6.07) is 6.48. The molecule has 0 amide bonds. The maximum absolute atomic E-state index is 4.27. The molecular formula is C13H20N2. The molecular weight excluding hydrogens is 184 g/mol. The quantitative estimate of drug-likeness (QED) is 0.721. The first-order valence-corrected chi connectivity index (χ1v) is 5.48. The Bertz CT molecular complexity index is 282. The lowest BCUT2D eigenvalue weighted by Gasteiger charge is -2.19. The largest absolute Gasteiger partial charge is 0.308 e. The summed E-state index contributed by atoms with van der Waals surface area (Å²) in [7, 11) is 0. The zero-order valence-corrected chi connectivity index (χ0v) is 9.61. The molecule has 1 N–H and O–H groups in total. The van der Waals surface area contributed by atoms with Crippen molar-refractivity contribution in [1.29, 1.82) is 0 Å². The highest BCUT2D eigenvalue weighted by atomic mass is 14.9. The first-order chi connectivity index (χ1) is 7.24. The number of aromatic nitrogens is 1. The van der Waals surface area contributed by atoms with Gasteiger partial charge in [0.2, 0.25) is 0 Å². The highest BCUT2D eigenvalue weighted by Gasteiger charge is 2.09. The van der Waals surface area contributed by atoms with Crippen molar-refractivity contribution >= 4 is 0 Å². The minimum absolute atomic E-state index is 0.491. The molecule has 2 unspecified atom stereocenters. The molecule has 2 atom stereocenters. The zero-order valence-electron chi connectivity index (χ0n) is 9.61. The molecule has 15 heavy (non-hydrogen) atoms. The summed E-state index contributed by atoms with van der Waals surface area (Å²) < 4.78 is 0. The summed E-state index contributed by atoms with van der Waals surface area (Å²) in [5.41, 5.74) is 1.09. The standard InChI is InChI=1S/C13H20N2/c1-4-7-11(2)12(3)15-10-13-8-5-6-9-14-13/h4-6,8-9,11-12,15H,1,7,10H2,2-3H3. The van der Waals surface area contributed by atoms with Crippen LogP contribution in [0.4, 0.5) is 0 Å². The van der Waals surface area contributed by atoms with Crippen LogP contribution >= 0.6 is 0 Å². The van der Waals surface area contributed by atoms with Crippen molar-refractivity contribution in [2.24, 2.45) is 5.92 Å². The lowest BCUT2D eigenvalue weighted by molar-refractivity contribution is 0.400. The SMILES string of the molecule is C=CCC(C)C(C)NCc1ccccn1. The van der Waals surface area contributed by atoms with E-state index in [0.29, 0.717) is 12.0 Å². The van der Waals surface area contributed by atoms with Gasteiger partial charge in [-0.15, -0.1) is 6.58 Å². The van der Waals surface area contributed by atoms with Crippen molar-refractivity contribution in [3.05, 3.63) is 42.7 Å². The van der Waals surface area contributed by atoms with Crippen LogP contribution in [-0.2, 0) is 6.54 Å². The molecule has 0 aromatic carbocycles. The van der Waals surface area contributed by atoms with Gasteiger partial charge in [-0.3, -0.25) is 4.98 Å². The van der Waals surface area contributed by atoms with E-state index >= 15 is 0 Å². The molecule has 0 fully saturated rings. The molecule has 1 aromatic heterocycles. The predicted molar refractivity (Wildman–Crippen MR) is 64.5 cm³/mol. The highest BCUT2D eigenvalue weighted by molar-refractivity contribution is 5.03. The van der Waals surface area contributed by atoms with Crippen molar-refractivity contribution in [2.45, 2.75) is 32.9 Å². The first kappa shape index (κ1) is 11.9. The van der Waals surface area contributed by atoms with E-state index in [2.05, 4.69) is 30.7 Å². The van der Waals surface area contributed by atoms with Gasteiger partial charge in [0.1, 0.15) is 0 Å². The number of hydrogen-bond acceptors (Lipinski definition) is 2. The Balaban J connectivity index is 2.34. The lowest BCUT2D eigenvalue weighted by atomic mass is 10.00. The monoisotopic (exact) mass is 204 g/mol. The van der Waals surface area contributed by atoms with Crippen LogP contribution in [0.25, 0.3) is 0 Å². The van der Waals surface area contributed by atoms with Crippen molar-refractivity contribution in [3.8, 4) is 0 Å². The van der Waals surface area contributed by atoms with Crippen molar-refractivity contribution in [1.82, 2.24) is 10.3 Å². The fraction of sp³-hybridized carbons (Fsp3) is 0.462. The van der Waals surface area contributed by atoms with Gasteiger partial charge in [-0.2, -0.15) is 0 Å². The third-order valence-electron chi connectivity index (χ3n) is 2.72. The van der Waals surface area contributed by atoms with Gasteiger partial charge in [-0.05, 0) is 31.4 Å². The molecule has 1 heterocycles. The number of nitrogens with zero attached hydrogens (tertiary/aromatic N) is 1. The van der Waals surface area contributed by atoms with E-state index in [1.807, 2.05) is 30.5 Å². The number of rotatable bonds is 6. The van der Waals surface area contributed by atoms with E-state index in [1.165, 1.54) is 0 Å². The molecule has 2 heteroatoms. The summed E-state index contributed by atoms with van der Waals surface area (Å²) in [5.74, 6) is 0.617. The third-order valence-corrected chi connectivity index (χ3v) is 2.72. The Morgan fingerprint density at radius 2 is 2.27 bits per heavy atom. The van der Waals surface area contributed by atoms with Crippen molar-refractivity contribution in [2.75, 3.05) is 0 Å². The van der Waals surface area contributed by atoms with Gasteiger partial charge in [0.25, 0.3) is 0 Å². The Hall–Kier alpha value is -1.15. The minimum atomic E-state index is 0.491. The van der Waals surface area contributed by atoms with Crippen LogP contribution in [0.15, 0.2) is 37.1 Å². The second-order valence-corrected chi connectivity index (χ2v) is 3.99. The van der Waals surface area contributed by atoms with Gasteiger partial charge in [-0.1, -0.05) is 19.1 Å². The molecule has 1 rings (SSSR count). The van der Waals surface area contributed by atoms with Crippen LogP contribution in [0.5, 0.6) is 0 Å². The normalized spacial score (nSPS) is 14.5. The van der Waals surface area contributed by atoms with Crippen LogP contribution in [-0.4, -0.2) is 11.0 Å². The Morgan fingerprint density at radius 3 is 2.87 bits per heavy atom. The van der Waals surface area contributed by atoms with Gasteiger partial charge in [0, 0.05) is 18.8 Å². The van der Waals surface area contributed by atoms with Gasteiger partial charge in [0.15, 0.2) is 0 Å². The van der Waals surface area contributed by atoms with Crippen LogP contribution in [0, 0.1) is 5.92 Å². The summed E-state index contributed by atoms with van der Waals surface area (Å²) in [6.07, 6.45) is 4.86. The lowest BCUT2D eigenvalue weighted by Crippen LogP contribution is -2.31. The fourth-order valence-corrected chi connectivity index (χ4v) is 1.44. The Kier molecular flexibility index (Phi) is 5.05. The second kappa shape index (κ2) is 6.36. The number of hydrogen-bond donors (Lipinski definition) is 1. The number of allylic oxidation sites excluding steroid dienone is 1. The number of pyridine rings is 1. The summed E-state index contributed by atoms with van der Waals surface area (Å²) in [6.45, 7) is 9.04. The molecule has 0 spiro atoms. The topological polar surface area (TPSA) is 24.9 Å². The average molecular weight is 204 g/mol. The zero-order chi connectivity index (χ0) is 11.1. The first-order valence-electron chi connectivity index (χ1n) is 5.48. The molecule has 0 bridgehead atoms. The van der Waals surface area contributed by atoms with Gasteiger partial charge >= 0.3 is 0 Å². The van der Waals surface area contributed by atoms with Gasteiger partial charge < -0.3 is 5.32 Å². The maximum Gasteiger partial charge on any atom is 0.0541 e. The van der Waals surface area contributed by atoms with E-state index in [9.17, 15) is 0 Å². The van der Waals surface area contributed by atoms with E-state index in [-0.39, 0.29) is 0 Å². The van der Waals surface area contributed by atoms with E-state index in [1.54, 1.807) is 0 Å². The van der Waals surface area contributed by atoms with E-state index < -0.39 is 0 Å². The van der Waals surface area contributed by atoms with Crippen molar-refractivity contribution < 1.29 is 0 Å². The van der Waals surface area contributed by atoms with Crippen LogP contribution in [0.3, 0.4) is 0 Å². The predicted octanol–water partition coefficient (Wildman–Crippen LogP) is 2.77. The van der Waals surface area contributed by atoms with Crippen molar-refractivity contribution in [3.63, 3.8) is 0 Å². The van der Waals surface area contributed by atoms with E-state index in [4.69, 9.17) is 0 Å². The highest BCUT2D eigenvalue weighted by Crippen LogP contribution is 2.08. The summed E-state index contributed by atoms with van der Waals surface area (Å²) >= 11 is 0. The molecule has 0 aliphatic carbocycles. The summed E-state index contributed by atoms with van der Waals surface area (Å²) in [5, 5.41) is 3.47. The number of nitrogens with one attached hydrogen (secondary N) is 1. The Morgan fingerprint density at radius 1 is 1.47 bits per heavy atom. The fourth-order valence-electron chi connectivity index (χ4n) is 1.44. The average Bonchev–Trinajstić information content (AvgIpc) is 2.27. The van der Waals surface area contributed by atoms with E-state index in [0.717, 1.165) is 18.7 Å². The Labute approximate surface area is 92.4 Å². The minimum Gasteiger partial charge on any atom is -0.308 e. The summed E-state index contributed by atoms with van der Waals surface area (Å²) in [4.78, 5) is 4.27. The molecule has 1 aromatic rings. The third kappa shape index (κ3) is 4.26. The van der Waals surface area contributed by atoms with Gasteiger partial charge in [0.05, 0.1) is 5.69 Å². The molecule has 0 aliphatic rings. The smallest absolute Gasteiger partial charge is 0.0541 e. The molecule has 0 saturated heterocycles. The maximum atomic E-state index is 4.27.